The number of ether oxygens (including phenoxy) is 1. The van der Waals surface area contributed by atoms with Gasteiger partial charge in [0.1, 0.15) is 11.6 Å². The molecule has 1 aromatic heterocycles. The Hall–Kier alpha value is -3.48. The van der Waals surface area contributed by atoms with Gasteiger partial charge in [-0.05, 0) is 92.6 Å². The number of amides is 3. The molecule has 49 heavy (non-hydrogen) atoms. The first-order valence-electron chi connectivity index (χ1n) is 17.4. The highest BCUT2D eigenvalue weighted by atomic mass is 32.1. The van der Waals surface area contributed by atoms with Crippen LogP contribution in [0.3, 0.4) is 0 Å². The zero-order valence-corrected chi connectivity index (χ0v) is 28.5. The van der Waals surface area contributed by atoms with Gasteiger partial charge in [-0.2, -0.15) is 13.2 Å². The predicted octanol–water partition coefficient (Wildman–Crippen LogP) is 5.95. The summed E-state index contributed by atoms with van der Waals surface area (Å²) in [5, 5.41) is 9.57. The number of hydrogen-bond donors (Lipinski definition) is 3. The van der Waals surface area contributed by atoms with E-state index < -0.39 is 35.1 Å². The molecule has 0 unspecified atom stereocenters. The number of likely N-dealkylation sites (tertiary alicyclic amines) is 1. The van der Waals surface area contributed by atoms with Crippen LogP contribution in [0, 0.1) is 11.8 Å². The Morgan fingerprint density at radius 1 is 0.939 bits per heavy atom. The van der Waals surface area contributed by atoms with Crippen LogP contribution >= 0.6 is 11.3 Å². The molecule has 2 aromatic carbocycles. The lowest BCUT2D eigenvalue weighted by molar-refractivity contribution is -0.137. The number of carbonyl (C=O) groups excluding carboxylic acids is 3. The molecule has 1 saturated carbocycles. The zero-order chi connectivity index (χ0) is 34.4. The molecule has 3 heterocycles. The van der Waals surface area contributed by atoms with E-state index in [1.807, 2.05) is 30.3 Å². The van der Waals surface area contributed by atoms with Crippen molar-refractivity contribution in [1.82, 2.24) is 20.9 Å². The molecule has 3 fully saturated rings. The van der Waals surface area contributed by atoms with E-state index in [1.54, 1.807) is 6.07 Å². The summed E-state index contributed by atoms with van der Waals surface area (Å²) in [5.41, 5.74) is -1.10. The first-order chi connectivity index (χ1) is 23.6. The van der Waals surface area contributed by atoms with E-state index in [4.69, 9.17) is 4.74 Å². The Labute approximate surface area is 289 Å². The molecule has 2 saturated heterocycles. The standard InChI is InChI=1S/C37H45F3N4O4S/c38-37(39,40)29-9-8-28-21-32(49-31(28)22-29)34(46)43-36(14-4-5-15-36)35(47)42-30(20-25-6-2-1-3-7-25)33(45)41-23-26-10-16-44(17-11-26)24-27-12-18-48-19-13-27/h1-3,6-9,21-22,26-27,30H,4-5,10-20,23-24H2,(H,41,45)(H,42,47)(H,43,46)/t30-/m1/s1. The molecule has 1 atom stereocenters. The van der Waals surface area contributed by atoms with Crippen molar-refractivity contribution in [3.05, 3.63) is 70.6 Å². The molecule has 0 radical (unpaired) electrons. The Bertz CT molecular complexity index is 1590. The van der Waals surface area contributed by atoms with Gasteiger partial charge < -0.3 is 25.6 Å². The van der Waals surface area contributed by atoms with Crippen molar-refractivity contribution in [1.29, 1.82) is 0 Å². The number of alkyl halides is 3. The molecule has 3 aliphatic rings. The summed E-state index contributed by atoms with van der Waals surface area (Å²) in [6.07, 6.45) is 2.29. The number of nitrogens with one attached hydrogen (secondary N) is 3. The maximum absolute atomic E-state index is 14.0. The largest absolute Gasteiger partial charge is 0.416 e. The molecule has 3 aromatic rings. The van der Waals surface area contributed by atoms with Crippen LogP contribution in [0.15, 0.2) is 54.6 Å². The van der Waals surface area contributed by atoms with Gasteiger partial charge in [0, 0.05) is 37.4 Å². The van der Waals surface area contributed by atoms with Gasteiger partial charge in [-0.3, -0.25) is 14.4 Å². The van der Waals surface area contributed by atoms with Crippen molar-refractivity contribution in [2.75, 3.05) is 39.4 Å². The highest BCUT2D eigenvalue weighted by molar-refractivity contribution is 7.20. The zero-order valence-electron chi connectivity index (χ0n) is 27.7. The minimum absolute atomic E-state index is 0.228. The summed E-state index contributed by atoms with van der Waals surface area (Å²) in [4.78, 5) is 44.0. The summed E-state index contributed by atoms with van der Waals surface area (Å²) >= 11 is 0.963. The molecule has 3 N–H and O–H groups in total. The molecule has 0 bridgehead atoms. The predicted molar refractivity (Wildman–Crippen MR) is 183 cm³/mol. The van der Waals surface area contributed by atoms with Crippen LogP contribution in [0.1, 0.15) is 72.2 Å². The topological polar surface area (TPSA) is 99.8 Å². The number of thiophene rings is 1. The van der Waals surface area contributed by atoms with Crippen molar-refractivity contribution in [2.45, 2.75) is 75.5 Å². The third-order valence-electron chi connectivity index (χ3n) is 10.3. The Balaban J connectivity index is 1.09. The SMILES string of the molecule is O=C(NC1(C(=O)N[C@H](Cc2ccccc2)C(=O)NCC2CCN(CC3CCOCC3)CC2)CCCC1)c1cc2ccc(C(F)(F)F)cc2s1. The summed E-state index contributed by atoms with van der Waals surface area (Å²) in [7, 11) is 0. The Morgan fingerprint density at radius 3 is 2.35 bits per heavy atom. The van der Waals surface area contributed by atoms with Gasteiger partial charge in [0.05, 0.1) is 10.4 Å². The number of nitrogens with zero attached hydrogens (tertiary/aromatic N) is 1. The maximum Gasteiger partial charge on any atom is 0.416 e. The average molecular weight is 699 g/mol. The molecular weight excluding hydrogens is 653 g/mol. The number of fused-ring (bicyclic) bond motifs is 1. The first-order valence-corrected chi connectivity index (χ1v) is 18.3. The fourth-order valence-electron chi connectivity index (χ4n) is 7.38. The molecule has 3 amide bonds. The van der Waals surface area contributed by atoms with Crippen LogP contribution in [0.2, 0.25) is 0 Å². The second-order valence-electron chi connectivity index (χ2n) is 13.9. The monoisotopic (exact) mass is 698 g/mol. The van der Waals surface area contributed by atoms with Crippen LogP contribution in [-0.2, 0) is 26.9 Å². The van der Waals surface area contributed by atoms with Crippen molar-refractivity contribution >= 4 is 39.1 Å². The minimum Gasteiger partial charge on any atom is -0.381 e. The van der Waals surface area contributed by atoms with Gasteiger partial charge in [0.15, 0.2) is 0 Å². The van der Waals surface area contributed by atoms with Gasteiger partial charge in [0.2, 0.25) is 11.8 Å². The molecule has 0 spiro atoms. The molecule has 264 valence electrons. The van der Waals surface area contributed by atoms with Gasteiger partial charge >= 0.3 is 6.18 Å². The van der Waals surface area contributed by atoms with Crippen LogP contribution in [-0.4, -0.2) is 73.6 Å². The third-order valence-corrected chi connectivity index (χ3v) is 11.4. The normalized spacial score (nSPS) is 19.8. The van der Waals surface area contributed by atoms with Gasteiger partial charge in [-0.15, -0.1) is 11.3 Å². The fraction of sp³-hybridized carbons (Fsp3) is 0.541. The molecule has 8 nitrogen and oxygen atoms in total. The lowest BCUT2D eigenvalue weighted by Crippen LogP contribution is -2.61. The Kier molecular flexibility index (Phi) is 11.3. The smallest absolute Gasteiger partial charge is 0.381 e. The highest BCUT2D eigenvalue weighted by Crippen LogP contribution is 2.36. The highest BCUT2D eigenvalue weighted by Gasteiger charge is 2.44. The van der Waals surface area contributed by atoms with Crippen molar-refractivity contribution < 1.29 is 32.3 Å². The van der Waals surface area contributed by atoms with Gasteiger partial charge in [-0.1, -0.05) is 49.2 Å². The third kappa shape index (κ3) is 9.01. The molecule has 1 aliphatic carbocycles. The van der Waals surface area contributed by atoms with E-state index in [-0.39, 0.29) is 10.8 Å². The second-order valence-corrected chi connectivity index (χ2v) is 14.9. The Morgan fingerprint density at radius 2 is 1.65 bits per heavy atom. The van der Waals surface area contributed by atoms with Crippen molar-refractivity contribution in [3.8, 4) is 0 Å². The van der Waals surface area contributed by atoms with E-state index in [0.29, 0.717) is 47.7 Å². The first kappa shape index (κ1) is 35.3. The van der Waals surface area contributed by atoms with Crippen LogP contribution in [0.4, 0.5) is 13.2 Å². The number of carbonyl (C=O) groups is 3. The second kappa shape index (κ2) is 15.6. The van der Waals surface area contributed by atoms with Crippen LogP contribution in [0.25, 0.3) is 10.1 Å². The lowest BCUT2D eigenvalue weighted by Gasteiger charge is -2.35. The van der Waals surface area contributed by atoms with E-state index in [0.717, 1.165) is 100 Å². The lowest BCUT2D eigenvalue weighted by atomic mass is 9.93. The minimum atomic E-state index is -4.49. The molecule has 12 heteroatoms. The maximum atomic E-state index is 14.0. The van der Waals surface area contributed by atoms with E-state index >= 15 is 0 Å². The average Bonchev–Trinajstić information content (AvgIpc) is 3.76. The number of rotatable bonds is 11. The summed E-state index contributed by atoms with van der Waals surface area (Å²) < 4.78 is 45.6. The molecular formula is C37H45F3N4O4S. The summed E-state index contributed by atoms with van der Waals surface area (Å²) in [6.45, 7) is 5.36. The number of benzene rings is 2. The van der Waals surface area contributed by atoms with Crippen LogP contribution < -0.4 is 16.0 Å². The molecule has 6 rings (SSSR count). The summed E-state index contributed by atoms with van der Waals surface area (Å²) in [6, 6.07) is 13.6. The van der Waals surface area contributed by atoms with Gasteiger partial charge in [0.25, 0.3) is 5.91 Å². The van der Waals surface area contributed by atoms with E-state index in [2.05, 4.69) is 20.9 Å². The van der Waals surface area contributed by atoms with Crippen LogP contribution in [0.5, 0.6) is 0 Å². The van der Waals surface area contributed by atoms with Crippen molar-refractivity contribution in [2.24, 2.45) is 11.8 Å². The van der Waals surface area contributed by atoms with Gasteiger partial charge in [-0.25, -0.2) is 0 Å². The summed E-state index contributed by atoms with van der Waals surface area (Å²) in [5.74, 6) is -0.143. The fourth-order valence-corrected chi connectivity index (χ4v) is 8.37. The van der Waals surface area contributed by atoms with E-state index in [9.17, 15) is 27.6 Å². The number of piperidine rings is 1. The number of halogens is 3. The van der Waals surface area contributed by atoms with E-state index in [1.165, 1.54) is 6.07 Å². The quantitative estimate of drug-likeness (QED) is 0.230. The molecule has 2 aliphatic heterocycles. The number of hydrogen-bond acceptors (Lipinski definition) is 6. The van der Waals surface area contributed by atoms with Crippen molar-refractivity contribution in [3.63, 3.8) is 0 Å².